The van der Waals surface area contributed by atoms with Gasteiger partial charge in [0.2, 0.25) is 15.9 Å². The number of sulfonamides is 1. The molecular formula is C16H13Cl2N3O3S. The number of carbonyl (C=O) groups excluding carboxylic acids is 1. The summed E-state index contributed by atoms with van der Waals surface area (Å²) in [6.07, 6.45) is 0.978. The summed E-state index contributed by atoms with van der Waals surface area (Å²) >= 11 is 11.8. The lowest BCUT2D eigenvalue weighted by molar-refractivity contribution is -0.114. The second-order valence-electron chi connectivity index (χ2n) is 5.14. The van der Waals surface area contributed by atoms with E-state index in [1.165, 1.54) is 24.3 Å². The predicted octanol–water partition coefficient (Wildman–Crippen LogP) is 3.27. The molecule has 0 saturated heterocycles. The van der Waals surface area contributed by atoms with Gasteiger partial charge in [-0.05, 0) is 36.4 Å². The highest BCUT2D eigenvalue weighted by atomic mass is 35.5. The minimum Gasteiger partial charge on any atom is -0.324 e. The molecule has 9 heteroatoms. The molecule has 0 heterocycles. The summed E-state index contributed by atoms with van der Waals surface area (Å²) in [5, 5.41) is 11.9. The zero-order chi connectivity index (χ0) is 18.6. The van der Waals surface area contributed by atoms with E-state index in [9.17, 15) is 13.2 Å². The molecule has 0 spiro atoms. The van der Waals surface area contributed by atoms with Crippen LogP contribution in [-0.4, -0.2) is 27.1 Å². The Morgan fingerprint density at radius 2 is 1.84 bits per heavy atom. The van der Waals surface area contributed by atoms with E-state index in [1.807, 2.05) is 6.07 Å². The maximum Gasteiger partial charge on any atom is 0.245 e. The van der Waals surface area contributed by atoms with E-state index in [0.29, 0.717) is 11.3 Å². The summed E-state index contributed by atoms with van der Waals surface area (Å²) in [5.74, 6) is -0.573. The summed E-state index contributed by atoms with van der Waals surface area (Å²) < 4.78 is 25.0. The number of nitrogens with one attached hydrogen (secondary N) is 1. The molecule has 2 rings (SSSR count). The number of hydrogen-bond donors (Lipinski definition) is 1. The molecule has 0 aliphatic heterocycles. The van der Waals surface area contributed by atoms with E-state index < -0.39 is 22.5 Å². The Balaban J connectivity index is 2.25. The van der Waals surface area contributed by atoms with Gasteiger partial charge in [0.15, 0.2) is 0 Å². The number of hydrogen-bond acceptors (Lipinski definition) is 4. The van der Waals surface area contributed by atoms with Gasteiger partial charge in [-0.15, -0.1) is 0 Å². The van der Waals surface area contributed by atoms with Gasteiger partial charge < -0.3 is 5.32 Å². The third-order valence-electron chi connectivity index (χ3n) is 3.10. The Morgan fingerprint density at radius 3 is 2.40 bits per heavy atom. The summed E-state index contributed by atoms with van der Waals surface area (Å²) in [7, 11) is -3.75. The highest BCUT2D eigenvalue weighted by molar-refractivity contribution is 7.92. The van der Waals surface area contributed by atoms with E-state index in [-0.39, 0.29) is 15.7 Å². The first-order valence-corrected chi connectivity index (χ1v) is 9.53. The largest absolute Gasteiger partial charge is 0.324 e. The average Bonchev–Trinajstić information content (AvgIpc) is 2.50. The molecule has 25 heavy (non-hydrogen) atoms. The monoisotopic (exact) mass is 397 g/mol. The van der Waals surface area contributed by atoms with Crippen LogP contribution in [0, 0.1) is 11.3 Å². The third kappa shape index (κ3) is 5.36. The molecule has 0 fully saturated rings. The first-order valence-electron chi connectivity index (χ1n) is 6.93. The number of nitriles is 1. The van der Waals surface area contributed by atoms with Gasteiger partial charge in [-0.25, -0.2) is 8.42 Å². The van der Waals surface area contributed by atoms with Crippen LogP contribution >= 0.6 is 23.2 Å². The molecule has 0 saturated carbocycles. The second-order valence-corrected chi connectivity index (χ2v) is 7.92. The molecule has 1 amide bonds. The Hall–Kier alpha value is -2.27. The van der Waals surface area contributed by atoms with Gasteiger partial charge >= 0.3 is 0 Å². The number of amides is 1. The first-order chi connectivity index (χ1) is 11.7. The molecule has 0 unspecified atom stereocenters. The minimum absolute atomic E-state index is 0.181. The van der Waals surface area contributed by atoms with Crippen LogP contribution in [-0.2, 0) is 14.8 Å². The van der Waals surface area contributed by atoms with Gasteiger partial charge in [0.05, 0.1) is 23.6 Å². The smallest absolute Gasteiger partial charge is 0.245 e. The lowest BCUT2D eigenvalue weighted by Crippen LogP contribution is -2.37. The van der Waals surface area contributed by atoms with Crippen LogP contribution in [0.5, 0.6) is 0 Å². The maximum absolute atomic E-state index is 12.2. The Morgan fingerprint density at radius 1 is 1.20 bits per heavy atom. The maximum atomic E-state index is 12.2. The lowest BCUT2D eigenvalue weighted by Gasteiger charge is -2.22. The van der Waals surface area contributed by atoms with Crippen molar-refractivity contribution in [2.45, 2.75) is 0 Å². The molecule has 0 bridgehead atoms. The van der Waals surface area contributed by atoms with Crippen LogP contribution in [0.4, 0.5) is 11.4 Å². The molecule has 0 atom stereocenters. The summed E-state index contributed by atoms with van der Waals surface area (Å²) in [6, 6.07) is 12.5. The van der Waals surface area contributed by atoms with Gasteiger partial charge in [0.25, 0.3) is 0 Å². The van der Waals surface area contributed by atoms with Crippen molar-refractivity contribution in [3.63, 3.8) is 0 Å². The molecule has 2 aromatic carbocycles. The first kappa shape index (κ1) is 19.1. The third-order valence-corrected chi connectivity index (χ3v) is 4.68. The summed E-state index contributed by atoms with van der Waals surface area (Å²) in [6.45, 7) is -0.466. The van der Waals surface area contributed by atoms with Crippen LogP contribution < -0.4 is 9.62 Å². The van der Waals surface area contributed by atoms with Crippen molar-refractivity contribution in [3.05, 3.63) is 58.1 Å². The molecule has 0 radical (unpaired) electrons. The molecular weight excluding hydrogens is 385 g/mol. The van der Waals surface area contributed by atoms with E-state index in [1.54, 1.807) is 18.2 Å². The number of benzene rings is 2. The van der Waals surface area contributed by atoms with Crippen LogP contribution in [0.15, 0.2) is 42.5 Å². The fourth-order valence-electron chi connectivity index (χ4n) is 2.08. The topological polar surface area (TPSA) is 90.3 Å². The van der Waals surface area contributed by atoms with Crippen LogP contribution in [0.1, 0.15) is 5.56 Å². The molecule has 1 N–H and O–H groups in total. The zero-order valence-corrected chi connectivity index (χ0v) is 15.4. The number of rotatable bonds is 5. The average molecular weight is 398 g/mol. The molecule has 0 aliphatic carbocycles. The van der Waals surface area contributed by atoms with Gasteiger partial charge in [-0.3, -0.25) is 9.10 Å². The highest BCUT2D eigenvalue weighted by Gasteiger charge is 2.21. The van der Waals surface area contributed by atoms with E-state index in [2.05, 4.69) is 5.32 Å². The van der Waals surface area contributed by atoms with Crippen molar-refractivity contribution in [3.8, 4) is 6.07 Å². The van der Waals surface area contributed by atoms with Crippen molar-refractivity contribution in [1.82, 2.24) is 0 Å². The van der Waals surface area contributed by atoms with Gasteiger partial charge in [0, 0.05) is 15.7 Å². The zero-order valence-electron chi connectivity index (χ0n) is 13.0. The van der Waals surface area contributed by atoms with Gasteiger partial charge in [-0.1, -0.05) is 29.3 Å². The number of carbonyl (C=O) groups is 1. The SMILES string of the molecule is CS(=O)(=O)N(CC(=O)Nc1cccc(C#N)c1)c1cc(Cl)cc(Cl)c1. The van der Waals surface area contributed by atoms with E-state index in [0.717, 1.165) is 10.6 Å². The van der Waals surface area contributed by atoms with E-state index in [4.69, 9.17) is 28.5 Å². The lowest BCUT2D eigenvalue weighted by atomic mass is 10.2. The Kier molecular flexibility index (Phi) is 5.90. The fourth-order valence-corrected chi connectivity index (χ4v) is 3.44. The van der Waals surface area contributed by atoms with Crippen molar-refractivity contribution >= 4 is 50.5 Å². The summed E-state index contributed by atoms with van der Waals surface area (Å²) in [4.78, 5) is 12.2. The fraction of sp³-hybridized carbons (Fsp3) is 0.125. The second kappa shape index (κ2) is 7.74. The van der Waals surface area contributed by atoms with Gasteiger partial charge in [0.1, 0.15) is 6.54 Å². The number of anilines is 2. The van der Waals surface area contributed by atoms with Crippen molar-refractivity contribution in [1.29, 1.82) is 5.26 Å². The minimum atomic E-state index is -3.75. The summed E-state index contributed by atoms with van der Waals surface area (Å²) in [5.41, 5.74) is 0.946. The Labute approximate surface area is 155 Å². The van der Waals surface area contributed by atoms with Crippen molar-refractivity contribution < 1.29 is 13.2 Å². The molecule has 0 aromatic heterocycles. The van der Waals surface area contributed by atoms with Crippen LogP contribution in [0.25, 0.3) is 0 Å². The predicted molar refractivity (Wildman–Crippen MR) is 98.4 cm³/mol. The number of nitrogens with zero attached hydrogens (tertiary/aromatic N) is 2. The molecule has 6 nitrogen and oxygen atoms in total. The standard InChI is InChI=1S/C16H13Cl2N3O3S/c1-25(23,24)21(15-7-12(17)6-13(18)8-15)10-16(22)20-14-4-2-3-11(5-14)9-19/h2-8H,10H2,1H3,(H,20,22). The van der Waals surface area contributed by atoms with Crippen molar-refractivity contribution in [2.75, 3.05) is 22.4 Å². The molecule has 130 valence electrons. The van der Waals surface area contributed by atoms with Gasteiger partial charge in [-0.2, -0.15) is 5.26 Å². The molecule has 2 aromatic rings. The van der Waals surface area contributed by atoms with Crippen molar-refractivity contribution in [2.24, 2.45) is 0 Å². The van der Waals surface area contributed by atoms with Crippen LogP contribution in [0.3, 0.4) is 0 Å². The highest BCUT2D eigenvalue weighted by Crippen LogP contribution is 2.27. The Bertz CT molecular complexity index is 935. The normalized spacial score (nSPS) is 10.8. The molecule has 0 aliphatic rings. The number of halogens is 2. The van der Waals surface area contributed by atoms with Crippen LogP contribution in [0.2, 0.25) is 10.0 Å². The van der Waals surface area contributed by atoms with E-state index >= 15 is 0 Å². The quantitative estimate of drug-likeness (QED) is 0.837.